The molecule has 0 heterocycles. The molecule has 1 N–H and O–H groups in total. The summed E-state index contributed by atoms with van der Waals surface area (Å²) in [5.41, 5.74) is 0. The second kappa shape index (κ2) is 13.1. The molecule has 0 saturated carbocycles. The Morgan fingerprint density at radius 2 is 1.55 bits per heavy atom. The first-order chi connectivity index (χ1) is 10.5. The van der Waals surface area contributed by atoms with E-state index in [9.17, 15) is 14.4 Å². The maximum atomic E-state index is 11.7. The Balaban J connectivity index is 4.20. The molecule has 0 rings (SSSR count). The summed E-state index contributed by atoms with van der Waals surface area (Å²) < 4.78 is 9.67. The second-order valence-electron chi connectivity index (χ2n) is 5.24. The van der Waals surface area contributed by atoms with Gasteiger partial charge in [-0.1, -0.05) is 39.5 Å². The average molecular weight is 315 g/mol. The predicted octanol–water partition coefficient (Wildman–Crippen LogP) is 2.35. The summed E-state index contributed by atoms with van der Waals surface area (Å²) >= 11 is 0. The minimum Gasteiger partial charge on any atom is -0.467 e. The Labute approximate surface area is 132 Å². The quantitative estimate of drug-likeness (QED) is 0.441. The van der Waals surface area contributed by atoms with Gasteiger partial charge in [-0.25, -0.2) is 4.79 Å². The molecule has 0 aromatic carbocycles. The van der Waals surface area contributed by atoms with E-state index >= 15 is 0 Å². The van der Waals surface area contributed by atoms with Crippen LogP contribution in [0.25, 0.3) is 0 Å². The Morgan fingerprint density at radius 1 is 0.955 bits per heavy atom. The summed E-state index contributed by atoms with van der Waals surface area (Å²) in [4.78, 5) is 34.9. The summed E-state index contributed by atoms with van der Waals surface area (Å²) in [5, 5.41) is 2.56. The number of rotatable bonds is 12. The molecule has 0 spiro atoms. The molecule has 0 fully saturated rings. The third kappa shape index (κ3) is 10.2. The molecule has 0 aliphatic rings. The molecule has 0 radical (unpaired) electrons. The number of methoxy groups -OCH3 is 1. The molecule has 6 heteroatoms. The van der Waals surface area contributed by atoms with Crippen molar-refractivity contribution in [3.05, 3.63) is 0 Å². The topological polar surface area (TPSA) is 81.7 Å². The molecule has 0 aromatic rings. The SMILES string of the molecule is CCCCCC(=O)N[C@@H](COC(=O)CCCCC)C(=O)OC. The summed E-state index contributed by atoms with van der Waals surface area (Å²) in [6.45, 7) is 3.91. The van der Waals surface area contributed by atoms with Crippen LogP contribution in [0.1, 0.15) is 65.2 Å². The van der Waals surface area contributed by atoms with E-state index in [0.29, 0.717) is 12.8 Å². The van der Waals surface area contributed by atoms with Crippen molar-refractivity contribution in [1.29, 1.82) is 0 Å². The molecule has 0 unspecified atom stereocenters. The molecule has 6 nitrogen and oxygen atoms in total. The monoisotopic (exact) mass is 315 g/mol. The van der Waals surface area contributed by atoms with E-state index in [4.69, 9.17) is 4.74 Å². The summed E-state index contributed by atoms with van der Waals surface area (Å²) in [6, 6.07) is -0.936. The van der Waals surface area contributed by atoms with Crippen LogP contribution in [0, 0.1) is 0 Å². The standard InChI is InChI=1S/C16H29NO5/c1-4-6-8-10-14(18)17-13(16(20)21-3)12-22-15(19)11-9-7-5-2/h13H,4-12H2,1-3H3,(H,17,18)/t13-/m0/s1. The molecule has 1 atom stereocenters. The zero-order valence-electron chi connectivity index (χ0n) is 14.0. The van der Waals surface area contributed by atoms with E-state index in [-0.39, 0.29) is 18.5 Å². The van der Waals surface area contributed by atoms with Gasteiger partial charge in [-0.3, -0.25) is 9.59 Å². The van der Waals surface area contributed by atoms with Crippen LogP contribution in [-0.4, -0.2) is 37.6 Å². The van der Waals surface area contributed by atoms with Gasteiger partial charge in [-0.05, 0) is 12.8 Å². The third-order valence-electron chi connectivity index (χ3n) is 3.22. The molecule has 0 saturated heterocycles. The number of ether oxygens (including phenoxy) is 2. The fourth-order valence-corrected chi connectivity index (χ4v) is 1.88. The van der Waals surface area contributed by atoms with Crippen LogP contribution in [0.5, 0.6) is 0 Å². The highest BCUT2D eigenvalue weighted by molar-refractivity contribution is 5.84. The lowest BCUT2D eigenvalue weighted by Crippen LogP contribution is -2.45. The maximum Gasteiger partial charge on any atom is 0.331 e. The van der Waals surface area contributed by atoms with Gasteiger partial charge in [-0.2, -0.15) is 0 Å². The Morgan fingerprint density at radius 3 is 2.09 bits per heavy atom. The van der Waals surface area contributed by atoms with E-state index in [1.807, 2.05) is 13.8 Å². The van der Waals surface area contributed by atoms with Gasteiger partial charge in [0.05, 0.1) is 7.11 Å². The molecule has 0 aliphatic carbocycles. The largest absolute Gasteiger partial charge is 0.467 e. The smallest absolute Gasteiger partial charge is 0.331 e. The Hall–Kier alpha value is -1.59. The van der Waals surface area contributed by atoms with Crippen LogP contribution in [0.4, 0.5) is 0 Å². The van der Waals surface area contributed by atoms with Gasteiger partial charge in [0, 0.05) is 12.8 Å². The van der Waals surface area contributed by atoms with Crippen molar-refractivity contribution in [3.63, 3.8) is 0 Å². The number of hydrogen-bond donors (Lipinski definition) is 1. The fraction of sp³-hybridized carbons (Fsp3) is 0.812. The third-order valence-corrected chi connectivity index (χ3v) is 3.22. The minimum atomic E-state index is -0.936. The van der Waals surface area contributed by atoms with Gasteiger partial charge in [0.2, 0.25) is 5.91 Å². The Bertz CT molecular complexity index is 343. The zero-order valence-corrected chi connectivity index (χ0v) is 14.0. The molecule has 128 valence electrons. The van der Waals surface area contributed by atoms with Crippen molar-refractivity contribution in [3.8, 4) is 0 Å². The van der Waals surface area contributed by atoms with Gasteiger partial charge in [0.15, 0.2) is 6.04 Å². The van der Waals surface area contributed by atoms with Crippen LogP contribution >= 0.6 is 0 Å². The highest BCUT2D eigenvalue weighted by Crippen LogP contribution is 2.03. The van der Waals surface area contributed by atoms with Crippen molar-refractivity contribution >= 4 is 17.8 Å². The summed E-state index contributed by atoms with van der Waals surface area (Å²) in [6.07, 6.45) is 6.17. The van der Waals surface area contributed by atoms with Gasteiger partial charge in [0.1, 0.15) is 6.61 Å². The molecular weight excluding hydrogens is 286 g/mol. The first-order valence-electron chi connectivity index (χ1n) is 8.07. The van der Waals surface area contributed by atoms with E-state index in [1.165, 1.54) is 7.11 Å². The average Bonchev–Trinajstić information content (AvgIpc) is 2.51. The highest BCUT2D eigenvalue weighted by atomic mass is 16.5. The van der Waals surface area contributed by atoms with E-state index in [2.05, 4.69) is 10.1 Å². The van der Waals surface area contributed by atoms with Gasteiger partial charge in [-0.15, -0.1) is 0 Å². The fourth-order valence-electron chi connectivity index (χ4n) is 1.88. The summed E-state index contributed by atoms with van der Waals surface area (Å²) in [7, 11) is 1.24. The normalized spacial score (nSPS) is 11.6. The van der Waals surface area contributed by atoms with Crippen molar-refractivity contribution < 1.29 is 23.9 Å². The Kier molecular flexibility index (Phi) is 12.2. The van der Waals surface area contributed by atoms with Crippen molar-refractivity contribution in [2.45, 2.75) is 71.3 Å². The van der Waals surface area contributed by atoms with Crippen LogP contribution in [-0.2, 0) is 23.9 Å². The lowest BCUT2D eigenvalue weighted by atomic mass is 10.2. The molecule has 0 bridgehead atoms. The summed E-state index contributed by atoms with van der Waals surface area (Å²) in [5.74, 6) is -1.20. The van der Waals surface area contributed by atoms with Gasteiger partial charge >= 0.3 is 11.9 Å². The van der Waals surface area contributed by atoms with Gasteiger partial charge in [0.25, 0.3) is 0 Å². The first-order valence-corrected chi connectivity index (χ1v) is 8.07. The number of hydrogen-bond acceptors (Lipinski definition) is 5. The lowest BCUT2D eigenvalue weighted by Gasteiger charge is -2.16. The van der Waals surface area contributed by atoms with Crippen LogP contribution in [0.15, 0.2) is 0 Å². The number of unbranched alkanes of at least 4 members (excludes halogenated alkanes) is 4. The molecule has 22 heavy (non-hydrogen) atoms. The maximum absolute atomic E-state index is 11.7. The van der Waals surface area contributed by atoms with Gasteiger partial charge < -0.3 is 14.8 Å². The predicted molar refractivity (Wildman–Crippen MR) is 83.2 cm³/mol. The van der Waals surface area contributed by atoms with Crippen LogP contribution < -0.4 is 5.32 Å². The van der Waals surface area contributed by atoms with E-state index in [1.54, 1.807) is 0 Å². The number of carbonyl (C=O) groups is 3. The number of carbonyl (C=O) groups excluding carboxylic acids is 3. The lowest BCUT2D eigenvalue weighted by molar-refractivity contribution is -0.152. The highest BCUT2D eigenvalue weighted by Gasteiger charge is 2.23. The number of esters is 2. The second-order valence-corrected chi connectivity index (χ2v) is 5.24. The molecule has 0 aromatic heterocycles. The van der Waals surface area contributed by atoms with Crippen LogP contribution in [0.2, 0.25) is 0 Å². The van der Waals surface area contributed by atoms with E-state index in [0.717, 1.165) is 38.5 Å². The van der Waals surface area contributed by atoms with Crippen molar-refractivity contribution in [2.24, 2.45) is 0 Å². The van der Waals surface area contributed by atoms with Crippen molar-refractivity contribution in [2.75, 3.05) is 13.7 Å². The number of nitrogens with one attached hydrogen (secondary N) is 1. The molecule has 0 aliphatic heterocycles. The zero-order chi connectivity index (χ0) is 16.8. The van der Waals surface area contributed by atoms with Crippen LogP contribution in [0.3, 0.4) is 0 Å². The van der Waals surface area contributed by atoms with Crippen molar-refractivity contribution in [1.82, 2.24) is 5.32 Å². The molecule has 1 amide bonds. The number of amides is 1. The molecular formula is C16H29NO5. The first kappa shape index (κ1) is 20.4. The minimum absolute atomic E-state index is 0.183. The van der Waals surface area contributed by atoms with E-state index < -0.39 is 12.0 Å².